The summed E-state index contributed by atoms with van der Waals surface area (Å²) in [4.78, 5) is 45.3. The number of benzene rings is 2. The number of nitrogens with zero attached hydrogens (tertiary/aromatic N) is 4. The van der Waals surface area contributed by atoms with Crippen LogP contribution in [0, 0.1) is 5.82 Å². The minimum atomic E-state index is -0.586. The van der Waals surface area contributed by atoms with Crippen LogP contribution in [0.25, 0.3) is 11.1 Å². The molecule has 40 heavy (non-hydrogen) atoms. The molecule has 2 saturated heterocycles. The van der Waals surface area contributed by atoms with E-state index in [1.807, 2.05) is 36.4 Å². The van der Waals surface area contributed by atoms with E-state index in [-0.39, 0.29) is 25.7 Å². The highest BCUT2D eigenvalue weighted by Gasteiger charge is 2.32. The molecule has 3 heterocycles. The average molecular weight is 548 g/mol. The number of cyclic esters (lactones) is 1. The van der Waals surface area contributed by atoms with Crippen molar-refractivity contribution in [2.75, 3.05) is 42.5 Å². The number of rotatable bonds is 8. The molecule has 0 bridgehead atoms. The predicted octanol–water partition coefficient (Wildman–Crippen LogP) is 3.94. The van der Waals surface area contributed by atoms with Crippen molar-refractivity contribution in [1.29, 1.82) is 0 Å². The highest BCUT2D eigenvalue weighted by atomic mass is 19.1. The number of nitrogens with two attached hydrogens (primary N) is 1. The number of anilines is 2. The summed E-state index contributed by atoms with van der Waals surface area (Å²) in [5.74, 6) is -0.228. The second-order valence-electron chi connectivity index (χ2n) is 9.70. The van der Waals surface area contributed by atoms with Gasteiger partial charge in [-0.1, -0.05) is 30.3 Å². The topological polar surface area (TPSA) is 118 Å². The van der Waals surface area contributed by atoms with Crippen LogP contribution in [-0.2, 0) is 20.9 Å². The molecule has 3 aromatic rings. The van der Waals surface area contributed by atoms with Crippen molar-refractivity contribution in [3.8, 4) is 11.1 Å². The number of carbonyl (C=O) groups excluding carboxylic acids is 3. The molecular formula is C29H30FN5O5. The molecule has 11 heteroatoms. The number of pyridine rings is 1. The van der Waals surface area contributed by atoms with Gasteiger partial charge in [-0.05, 0) is 42.3 Å². The lowest BCUT2D eigenvalue weighted by Crippen LogP contribution is -2.49. The standard InChI is InChI=1S/C29H30FN5O5/c30-25-16-22(35-18-23(40-29(35)38)8-10-26(31)36)7-9-24(25)21-6-11-27(32-17-21)33-12-14-34(15-13-33)28(37)39-19-20-4-2-1-3-5-20/h1-7,9,11,16-17,23H,8,10,12-15,18-19H2,(H2,31,36). The minimum absolute atomic E-state index is 0.110. The van der Waals surface area contributed by atoms with Crippen LogP contribution < -0.4 is 15.5 Å². The maximum absolute atomic E-state index is 15.1. The normalized spacial score (nSPS) is 17.1. The predicted molar refractivity (Wildman–Crippen MR) is 146 cm³/mol. The fraction of sp³-hybridized carbons (Fsp3) is 0.310. The third-order valence-corrected chi connectivity index (χ3v) is 6.98. The summed E-state index contributed by atoms with van der Waals surface area (Å²) in [5.41, 5.74) is 7.43. The molecule has 0 aliphatic carbocycles. The van der Waals surface area contributed by atoms with E-state index < -0.39 is 23.9 Å². The van der Waals surface area contributed by atoms with Gasteiger partial charge in [-0.2, -0.15) is 0 Å². The van der Waals surface area contributed by atoms with Gasteiger partial charge in [0.05, 0.1) is 12.2 Å². The Morgan fingerprint density at radius 2 is 1.82 bits per heavy atom. The molecule has 2 fully saturated rings. The monoisotopic (exact) mass is 547 g/mol. The SMILES string of the molecule is NC(=O)CCC1CN(c2ccc(-c3ccc(N4CCN(C(=O)OCc5ccccc5)CC4)nc3)c(F)c2)C(=O)O1. The first-order valence-electron chi connectivity index (χ1n) is 13.1. The highest BCUT2D eigenvalue weighted by molar-refractivity contribution is 5.90. The summed E-state index contributed by atoms with van der Waals surface area (Å²) in [5, 5.41) is 0. The summed E-state index contributed by atoms with van der Waals surface area (Å²) in [6.07, 6.45) is 0.646. The Bertz CT molecular complexity index is 1360. The second kappa shape index (κ2) is 12.0. The second-order valence-corrected chi connectivity index (χ2v) is 9.70. The molecule has 0 spiro atoms. The quantitative estimate of drug-likeness (QED) is 0.454. The minimum Gasteiger partial charge on any atom is -0.445 e. The molecule has 1 unspecified atom stereocenters. The van der Waals surface area contributed by atoms with E-state index in [0.717, 1.165) is 11.4 Å². The van der Waals surface area contributed by atoms with Crippen molar-refractivity contribution in [2.24, 2.45) is 5.73 Å². The van der Waals surface area contributed by atoms with Crippen LogP contribution in [-0.4, -0.2) is 66.8 Å². The van der Waals surface area contributed by atoms with E-state index in [9.17, 15) is 14.4 Å². The van der Waals surface area contributed by atoms with Gasteiger partial charge in [-0.25, -0.2) is 19.0 Å². The van der Waals surface area contributed by atoms with E-state index in [2.05, 4.69) is 9.88 Å². The number of hydrogen-bond donors (Lipinski definition) is 1. The summed E-state index contributed by atoms with van der Waals surface area (Å²) in [6.45, 7) is 2.68. The number of hydrogen-bond acceptors (Lipinski definition) is 7. The lowest BCUT2D eigenvalue weighted by molar-refractivity contribution is -0.118. The summed E-state index contributed by atoms with van der Waals surface area (Å²) < 4.78 is 25.8. The fourth-order valence-electron chi connectivity index (χ4n) is 4.75. The van der Waals surface area contributed by atoms with E-state index in [1.54, 1.807) is 29.3 Å². The number of piperazine rings is 1. The number of primary amides is 1. The molecule has 1 aromatic heterocycles. The Balaban J connectivity index is 1.15. The highest BCUT2D eigenvalue weighted by Crippen LogP contribution is 2.30. The number of ether oxygens (including phenoxy) is 2. The molecule has 3 amide bonds. The van der Waals surface area contributed by atoms with E-state index in [0.29, 0.717) is 49.4 Å². The smallest absolute Gasteiger partial charge is 0.414 e. The zero-order valence-electron chi connectivity index (χ0n) is 21.9. The summed E-state index contributed by atoms with van der Waals surface area (Å²) in [6, 6.07) is 17.7. The summed E-state index contributed by atoms with van der Waals surface area (Å²) in [7, 11) is 0. The Morgan fingerprint density at radius 3 is 2.50 bits per heavy atom. The summed E-state index contributed by atoms with van der Waals surface area (Å²) >= 11 is 0. The molecule has 2 aromatic carbocycles. The molecule has 5 rings (SSSR count). The number of aromatic nitrogens is 1. The molecule has 2 aliphatic rings. The Kier molecular flexibility index (Phi) is 8.09. The van der Waals surface area contributed by atoms with Crippen LogP contribution in [0.4, 0.5) is 25.5 Å². The fourth-order valence-corrected chi connectivity index (χ4v) is 4.75. The molecule has 2 aliphatic heterocycles. The van der Waals surface area contributed by atoms with Crippen LogP contribution >= 0.6 is 0 Å². The molecule has 0 radical (unpaired) electrons. The van der Waals surface area contributed by atoms with Crippen LogP contribution in [0.3, 0.4) is 0 Å². The maximum Gasteiger partial charge on any atom is 0.414 e. The van der Waals surface area contributed by atoms with Gasteiger partial charge in [0.2, 0.25) is 5.91 Å². The maximum atomic E-state index is 15.1. The van der Waals surface area contributed by atoms with Gasteiger partial charge in [-0.3, -0.25) is 9.69 Å². The van der Waals surface area contributed by atoms with Crippen LogP contribution in [0.2, 0.25) is 0 Å². The molecule has 1 atom stereocenters. The molecular weight excluding hydrogens is 517 g/mol. The number of halogens is 1. The van der Waals surface area contributed by atoms with Gasteiger partial charge >= 0.3 is 12.2 Å². The van der Waals surface area contributed by atoms with Gasteiger partial charge in [0.15, 0.2) is 0 Å². The van der Waals surface area contributed by atoms with Gasteiger partial charge in [-0.15, -0.1) is 0 Å². The first kappa shape index (κ1) is 26.9. The Morgan fingerprint density at radius 1 is 1.05 bits per heavy atom. The molecule has 10 nitrogen and oxygen atoms in total. The van der Waals surface area contributed by atoms with Crippen molar-refractivity contribution >= 4 is 29.6 Å². The van der Waals surface area contributed by atoms with Crippen molar-refractivity contribution < 1.29 is 28.2 Å². The Labute approximate surface area is 231 Å². The van der Waals surface area contributed by atoms with Crippen LogP contribution in [0.15, 0.2) is 66.9 Å². The van der Waals surface area contributed by atoms with Gasteiger partial charge in [0.25, 0.3) is 0 Å². The zero-order chi connectivity index (χ0) is 28.1. The van der Waals surface area contributed by atoms with Crippen molar-refractivity contribution in [3.05, 3.63) is 78.2 Å². The molecule has 2 N–H and O–H groups in total. The first-order chi connectivity index (χ1) is 19.4. The van der Waals surface area contributed by atoms with Gasteiger partial charge < -0.3 is 25.0 Å². The average Bonchev–Trinajstić information content (AvgIpc) is 3.36. The van der Waals surface area contributed by atoms with E-state index >= 15 is 4.39 Å². The Hall–Kier alpha value is -4.67. The molecule has 0 saturated carbocycles. The van der Waals surface area contributed by atoms with Crippen molar-refractivity contribution in [3.63, 3.8) is 0 Å². The third-order valence-electron chi connectivity index (χ3n) is 6.98. The van der Waals surface area contributed by atoms with Gasteiger partial charge in [0.1, 0.15) is 24.3 Å². The lowest BCUT2D eigenvalue weighted by Gasteiger charge is -2.34. The lowest BCUT2D eigenvalue weighted by atomic mass is 10.1. The first-order valence-corrected chi connectivity index (χ1v) is 13.1. The van der Waals surface area contributed by atoms with Crippen LogP contribution in [0.5, 0.6) is 0 Å². The van der Waals surface area contributed by atoms with E-state index in [1.165, 1.54) is 11.0 Å². The largest absolute Gasteiger partial charge is 0.445 e. The van der Waals surface area contributed by atoms with Crippen molar-refractivity contribution in [1.82, 2.24) is 9.88 Å². The van der Waals surface area contributed by atoms with Gasteiger partial charge in [0, 0.05) is 49.9 Å². The zero-order valence-corrected chi connectivity index (χ0v) is 21.9. The van der Waals surface area contributed by atoms with Crippen molar-refractivity contribution in [2.45, 2.75) is 25.6 Å². The van der Waals surface area contributed by atoms with Crippen LogP contribution in [0.1, 0.15) is 18.4 Å². The number of carbonyl (C=O) groups is 3. The molecule has 208 valence electrons. The number of amides is 3. The van der Waals surface area contributed by atoms with E-state index in [4.69, 9.17) is 15.2 Å². The third kappa shape index (κ3) is 6.31.